The largest absolute Gasteiger partial charge is 0.383 e. The molecule has 1 heterocycles. The minimum absolute atomic E-state index is 0.696. The van der Waals surface area contributed by atoms with Crippen LogP contribution in [0.4, 0.5) is 10.8 Å². The van der Waals surface area contributed by atoms with Crippen LogP contribution < -0.4 is 10.6 Å². The lowest BCUT2D eigenvalue weighted by Gasteiger charge is -2.32. The Labute approximate surface area is 95.4 Å². The van der Waals surface area contributed by atoms with Crippen molar-refractivity contribution in [1.82, 2.24) is 4.37 Å². The van der Waals surface area contributed by atoms with E-state index in [0.717, 1.165) is 18.0 Å². The van der Waals surface area contributed by atoms with Crippen molar-refractivity contribution in [1.29, 1.82) is 0 Å². The van der Waals surface area contributed by atoms with Gasteiger partial charge in [-0.15, -0.1) is 0 Å². The molecule has 84 valence electrons. The molecule has 2 rings (SSSR count). The summed E-state index contributed by atoms with van der Waals surface area (Å²) in [5.41, 5.74) is 6.94. The molecule has 1 aromatic rings. The fourth-order valence-corrected chi connectivity index (χ4v) is 2.86. The van der Waals surface area contributed by atoms with Gasteiger partial charge in [0.25, 0.3) is 0 Å². The minimum atomic E-state index is 0.696. The number of nitrogen functional groups attached to an aromatic ring is 1. The molecule has 1 aliphatic rings. The maximum atomic E-state index is 5.78. The van der Waals surface area contributed by atoms with Gasteiger partial charge in [0.05, 0.1) is 0 Å². The van der Waals surface area contributed by atoms with E-state index in [1.54, 1.807) is 0 Å². The van der Waals surface area contributed by atoms with Gasteiger partial charge in [-0.2, -0.15) is 4.37 Å². The lowest BCUT2D eigenvalue weighted by atomic mass is 9.85. The molecule has 2 N–H and O–H groups in total. The normalized spacial score (nSPS) is 16.4. The molecule has 3 nitrogen and oxygen atoms in total. The first-order valence-corrected chi connectivity index (χ1v) is 6.46. The van der Waals surface area contributed by atoms with Gasteiger partial charge in [0, 0.05) is 18.7 Å². The van der Waals surface area contributed by atoms with Crippen molar-refractivity contribution >= 4 is 22.4 Å². The molecule has 0 radical (unpaired) electrons. The highest BCUT2D eigenvalue weighted by molar-refractivity contribution is 7.10. The fraction of sp³-hybridized carbons (Fsp3) is 0.727. The van der Waals surface area contributed by atoms with Crippen LogP contribution in [0, 0.1) is 12.8 Å². The summed E-state index contributed by atoms with van der Waals surface area (Å²) in [6, 6.07) is 0. The summed E-state index contributed by atoms with van der Waals surface area (Å²) in [5, 5.41) is 1.27. The quantitative estimate of drug-likeness (QED) is 0.856. The first-order chi connectivity index (χ1) is 7.22. The van der Waals surface area contributed by atoms with Crippen LogP contribution in [0.3, 0.4) is 0 Å². The van der Waals surface area contributed by atoms with Crippen molar-refractivity contribution in [2.24, 2.45) is 5.92 Å². The summed E-state index contributed by atoms with van der Waals surface area (Å²) in [6.07, 6.45) is 4.19. The van der Waals surface area contributed by atoms with E-state index in [2.05, 4.69) is 23.1 Å². The smallest absolute Gasteiger partial charge is 0.142 e. The Morgan fingerprint density at radius 2 is 2.27 bits per heavy atom. The molecule has 0 amide bonds. The van der Waals surface area contributed by atoms with Crippen molar-refractivity contribution in [3.8, 4) is 0 Å². The van der Waals surface area contributed by atoms with Crippen LogP contribution in [-0.2, 0) is 0 Å². The van der Waals surface area contributed by atoms with E-state index >= 15 is 0 Å². The summed E-state index contributed by atoms with van der Waals surface area (Å²) in [6.45, 7) is 6.50. The Morgan fingerprint density at radius 3 is 2.67 bits per heavy atom. The number of hydrogen-bond donors (Lipinski definition) is 1. The van der Waals surface area contributed by atoms with E-state index < -0.39 is 0 Å². The molecule has 0 unspecified atom stereocenters. The Kier molecular flexibility index (Phi) is 3.14. The van der Waals surface area contributed by atoms with Crippen LogP contribution in [0.1, 0.15) is 31.7 Å². The van der Waals surface area contributed by atoms with Crippen LogP contribution in [0.2, 0.25) is 0 Å². The van der Waals surface area contributed by atoms with Crippen molar-refractivity contribution in [2.45, 2.75) is 33.1 Å². The SMILES string of the molecule is CCN(CC1CCC1)c1snc(N)c1C. The molecule has 1 aromatic heterocycles. The van der Waals surface area contributed by atoms with Gasteiger partial charge in [0.1, 0.15) is 10.8 Å². The Hall–Kier alpha value is -0.770. The summed E-state index contributed by atoms with van der Waals surface area (Å²) in [7, 11) is 0. The predicted molar refractivity (Wildman–Crippen MR) is 66.5 cm³/mol. The highest BCUT2D eigenvalue weighted by Crippen LogP contribution is 2.33. The van der Waals surface area contributed by atoms with Crippen molar-refractivity contribution in [2.75, 3.05) is 23.7 Å². The number of hydrogen-bond acceptors (Lipinski definition) is 4. The first-order valence-electron chi connectivity index (χ1n) is 5.69. The number of nitrogens with two attached hydrogens (primary N) is 1. The standard InChI is InChI=1S/C11H19N3S/c1-3-14(7-9-5-4-6-9)11-8(2)10(12)13-15-11/h9H,3-7H2,1-2H3,(H2,12,13). The van der Waals surface area contributed by atoms with Crippen LogP contribution in [0.25, 0.3) is 0 Å². The molecule has 0 aromatic carbocycles. The summed E-state index contributed by atoms with van der Waals surface area (Å²) >= 11 is 1.54. The maximum Gasteiger partial charge on any atom is 0.142 e. The third-order valence-electron chi connectivity index (χ3n) is 3.31. The van der Waals surface area contributed by atoms with E-state index in [9.17, 15) is 0 Å². The predicted octanol–water partition coefficient (Wildman–Crippen LogP) is 2.66. The molecule has 1 fully saturated rings. The molecule has 0 aliphatic heterocycles. The average molecular weight is 225 g/mol. The van der Waals surface area contributed by atoms with Crippen molar-refractivity contribution in [3.05, 3.63) is 5.56 Å². The monoisotopic (exact) mass is 225 g/mol. The van der Waals surface area contributed by atoms with Gasteiger partial charge in [-0.05, 0) is 44.1 Å². The lowest BCUT2D eigenvalue weighted by molar-refractivity contribution is 0.319. The Balaban J connectivity index is 2.07. The maximum absolute atomic E-state index is 5.78. The van der Waals surface area contributed by atoms with Crippen LogP contribution in [0.15, 0.2) is 0 Å². The Bertz CT molecular complexity index is 331. The van der Waals surface area contributed by atoms with E-state index in [0.29, 0.717) is 5.82 Å². The van der Waals surface area contributed by atoms with Crippen LogP contribution >= 0.6 is 11.5 Å². The molecule has 1 aliphatic carbocycles. The summed E-state index contributed by atoms with van der Waals surface area (Å²) in [4.78, 5) is 2.42. The zero-order valence-corrected chi connectivity index (χ0v) is 10.3. The third kappa shape index (κ3) is 2.09. The molecule has 4 heteroatoms. The second-order valence-corrected chi connectivity index (χ2v) is 5.09. The van der Waals surface area contributed by atoms with Gasteiger partial charge in [0.2, 0.25) is 0 Å². The van der Waals surface area contributed by atoms with E-state index in [1.807, 2.05) is 0 Å². The molecule has 1 saturated carbocycles. The number of anilines is 2. The molecular formula is C11H19N3S. The summed E-state index contributed by atoms with van der Waals surface area (Å²) in [5.74, 6) is 1.59. The number of rotatable bonds is 4. The van der Waals surface area contributed by atoms with Gasteiger partial charge in [-0.25, -0.2) is 0 Å². The fourth-order valence-electron chi connectivity index (χ4n) is 1.98. The Morgan fingerprint density at radius 1 is 1.53 bits per heavy atom. The second-order valence-electron chi connectivity index (χ2n) is 4.33. The molecule has 0 saturated heterocycles. The van der Waals surface area contributed by atoms with Gasteiger partial charge >= 0.3 is 0 Å². The third-order valence-corrected chi connectivity index (χ3v) is 4.33. The molecular weight excluding hydrogens is 206 g/mol. The highest BCUT2D eigenvalue weighted by atomic mass is 32.1. The topological polar surface area (TPSA) is 42.2 Å². The average Bonchev–Trinajstić information content (AvgIpc) is 2.48. The zero-order valence-electron chi connectivity index (χ0n) is 9.49. The summed E-state index contributed by atoms with van der Waals surface area (Å²) < 4.78 is 4.21. The van der Waals surface area contributed by atoms with E-state index in [1.165, 1.54) is 42.3 Å². The zero-order chi connectivity index (χ0) is 10.8. The van der Waals surface area contributed by atoms with Gasteiger partial charge in [-0.1, -0.05) is 6.42 Å². The molecule has 0 bridgehead atoms. The van der Waals surface area contributed by atoms with Crippen LogP contribution in [0.5, 0.6) is 0 Å². The second kappa shape index (κ2) is 4.39. The molecule has 15 heavy (non-hydrogen) atoms. The first kappa shape index (κ1) is 10.7. The van der Waals surface area contributed by atoms with Gasteiger partial charge < -0.3 is 10.6 Å². The minimum Gasteiger partial charge on any atom is -0.383 e. The molecule has 0 atom stereocenters. The lowest BCUT2D eigenvalue weighted by Crippen LogP contribution is -2.32. The number of nitrogens with zero attached hydrogens (tertiary/aromatic N) is 2. The van der Waals surface area contributed by atoms with Gasteiger partial charge in [-0.3, -0.25) is 0 Å². The van der Waals surface area contributed by atoms with Crippen molar-refractivity contribution in [3.63, 3.8) is 0 Å². The molecule has 0 spiro atoms. The van der Waals surface area contributed by atoms with Crippen molar-refractivity contribution < 1.29 is 0 Å². The number of aromatic nitrogens is 1. The van der Waals surface area contributed by atoms with E-state index in [-0.39, 0.29) is 0 Å². The highest BCUT2D eigenvalue weighted by Gasteiger charge is 2.22. The van der Waals surface area contributed by atoms with Crippen LogP contribution in [-0.4, -0.2) is 17.5 Å². The van der Waals surface area contributed by atoms with E-state index in [4.69, 9.17) is 5.73 Å². The van der Waals surface area contributed by atoms with Gasteiger partial charge in [0.15, 0.2) is 0 Å².